The van der Waals surface area contributed by atoms with E-state index in [2.05, 4.69) is 48.0 Å². The first-order valence-electron chi connectivity index (χ1n) is 19.7. The van der Waals surface area contributed by atoms with E-state index in [4.69, 9.17) is 9.47 Å². The monoisotopic (exact) mass is 647 g/mol. The van der Waals surface area contributed by atoms with Crippen LogP contribution in [0.15, 0.2) is 24.3 Å². The molecule has 0 bridgehead atoms. The van der Waals surface area contributed by atoms with Crippen LogP contribution in [0.2, 0.25) is 0 Å². The number of nitrogens with zero attached hydrogens (tertiary/aromatic N) is 2. The van der Waals surface area contributed by atoms with Crippen molar-refractivity contribution in [3.63, 3.8) is 0 Å². The highest BCUT2D eigenvalue weighted by atomic mass is 16.5. The molecule has 0 saturated carbocycles. The van der Waals surface area contributed by atoms with Gasteiger partial charge in [-0.3, -0.25) is 19.4 Å². The van der Waals surface area contributed by atoms with Crippen LogP contribution in [0, 0.1) is 0 Å². The number of unbranched alkanes of at least 4 members (excludes halogenated alkanes) is 18. The molecule has 6 heteroatoms. The molecule has 1 aliphatic rings. The van der Waals surface area contributed by atoms with E-state index in [0.29, 0.717) is 26.1 Å². The van der Waals surface area contributed by atoms with Crippen molar-refractivity contribution < 1.29 is 19.1 Å². The Morgan fingerprint density at radius 1 is 0.457 bits per heavy atom. The van der Waals surface area contributed by atoms with Gasteiger partial charge in [0.2, 0.25) is 0 Å². The fourth-order valence-corrected chi connectivity index (χ4v) is 5.93. The summed E-state index contributed by atoms with van der Waals surface area (Å²) in [6.07, 6.45) is 37.6. The Morgan fingerprint density at radius 2 is 0.761 bits per heavy atom. The van der Waals surface area contributed by atoms with E-state index >= 15 is 0 Å². The third kappa shape index (κ3) is 28.6. The van der Waals surface area contributed by atoms with E-state index in [0.717, 1.165) is 65.0 Å². The Bertz CT molecular complexity index is 684. The van der Waals surface area contributed by atoms with Crippen LogP contribution in [0.25, 0.3) is 0 Å². The highest BCUT2D eigenvalue weighted by Crippen LogP contribution is 2.11. The van der Waals surface area contributed by atoms with E-state index in [1.54, 1.807) is 0 Å². The van der Waals surface area contributed by atoms with E-state index < -0.39 is 0 Å². The number of hydrogen-bond donors (Lipinski definition) is 0. The quantitative estimate of drug-likeness (QED) is 0.0412. The number of rotatable bonds is 32. The van der Waals surface area contributed by atoms with Crippen LogP contribution in [-0.4, -0.2) is 74.2 Å². The molecule has 1 fully saturated rings. The lowest BCUT2D eigenvalue weighted by Gasteiger charge is -2.34. The maximum Gasteiger partial charge on any atom is 0.305 e. The van der Waals surface area contributed by atoms with Crippen molar-refractivity contribution in [1.29, 1.82) is 0 Å². The van der Waals surface area contributed by atoms with Crippen molar-refractivity contribution >= 4 is 11.9 Å². The highest BCUT2D eigenvalue weighted by Gasteiger charge is 2.17. The minimum Gasteiger partial charge on any atom is -0.464 e. The molecule has 0 aliphatic carbocycles. The van der Waals surface area contributed by atoms with Crippen LogP contribution >= 0.6 is 0 Å². The van der Waals surface area contributed by atoms with Gasteiger partial charge in [0, 0.05) is 52.1 Å². The third-order valence-electron chi connectivity index (χ3n) is 9.09. The molecule has 46 heavy (non-hydrogen) atoms. The predicted molar refractivity (Wildman–Crippen MR) is 195 cm³/mol. The molecule has 0 aromatic rings. The first kappa shape index (κ1) is 42.4. The molecule has 6 nitrogen and oxygen atoms in total. The summed E-state index contributed by atoms with van der Waals surface area (Å²) in [5.74, 6) is -0.106. The molecule has 0 aromatic heterocycles. The summed E-state index contributed by atoms with van der Waals surface area (Å²) in [4.78, 5) is 28.9. The molecule has 0 spiro atoms. The average molecular weight is 647 g/mol. The molecule has 1 aliphatic heterocycles. The van der Waals surface area contributed by atoms with E-state index in [1.165, 1.54) is 116 Å². The van der Waals surface area contributed by atoms with Crippen LogP contribution in [0.5, 0.6) is 0 Å². The highest BCUT2D eigenvalue weighted by molar-refractivity contribution is 5.69. The standard InChI is InChI=1S/C40H74N2O4/c1-3-5-7-9-11-13-15-17-19-21-23-25-27-29-39(43)45-37-35-41-31-33-42(34-32-41)36-38-46-40(44)30-28-26-24-22-20-18-16-14-12-10-8-6-4-2/h13-16H,3-12,17-38H2,1-2H3. The van der Waals surface area contributed by atoms with Gasteiger partial charge in [-0.05, 0) is 64.2 Å². The molecule has 0 N–H and O–H groups in total. The fourth-order valence-electron chi connectivity index (χ4n) is 5.93. The number of carbonyl (C=O) groups excluding carboxylic acids is 2. The van der Waals surface area contributed by atoms with E-state index in [1.807, 2.05) is 0 Å². The molecule has 0 atom stereocenters. The van der Waals surface area contributed by atoms with E-state index in [-0.39, 0.29) is 11.9 Å². The smallest absolute Gasteiger partial charge is 0.305 e. The maximum atomic E-state index is 12.1. The van der Waals surface area contributed by atoms with Gasteiger partial charge in [0.05, 0.1) is 0 Å². The van der Waals surface area contributed by atoms with Gasteiger partial charge in [0.1, 0.15) is 13.2 Å². The Labute approximate surface area is 285 Å². The van der Waals surface area contributed by atoms with E-state index in [9.17, 15) is 9.59 Å². The summed E-state index contributed by atoms with van der Waals surface area (Å²) < 4.78 is 11.0. The minimum atomic E-state index is -0.0531. The second kappa shape index (κ2) is 33.2. The Hall–Kier alpha value is -1.66. The maximum absolute atomic E-state index is 12.1. The molecular weight excluding hydrogens is 572 g/mol. The zero-order valence-electron chi connectivity index (χ0n) is 30.5. The Morgan fingerprint density at radius 3 is 1.11 bits per heavy atom. The molecule has 1 rings (SSSR count). The predicted octanol–water partition coefficient (Wildman–Crippen LogP) is 10.2. The lowest BCUT2D eigenvalue weighted by atomic mass is 10.1. The van der Waals surface area contributed by atoms with Gasteiger partial charge in [0.15, 0.2) is 0 Å². The summed E-state index contributed by atoms with van der Waals surface area (Å²) in [5.41, 5.74) is 0. The Balaban J connectivity index is 1.86. The van der Waals surface area contributed by atoms with Gasteiger partial charge in [-0.15, -0.1) is 0 Å². The molecule has 0 aromatic carbocycles. The zero-order chi connectivity index (χ0) is 33.2. The zero-order valence-corrected chi connectivity index (χ0v) is 30.5. The second-order valence-electron chi connectivity index (χ2n) is 13.4. The van der Waals surface area contributed by atoms with Gasteiger partial charge in [-0.25, -0.2) is 0 Å². The summed E-state index contributed by atoms with van der Waals surface area (Å²) in [5, 5.41) is 0. The van der Waals surface area contributed by atoms with Crippen molar-refractivity contribution in [3.05, 3.63) is 24.3 Å². The summed E-state index contributed by atoms with van der Waals surface area (Å²) in [6.45, 7) is 11.0. The van der Waals surface area contributed by atoms with Crippen molar-refractivity contribution in [2.24, 2.45) is 0 Å². The van der Waals surface area contributed by atoms with Crippen LogP contribution in [0.4, 0.5) is 0 Å². The molecule has 0 amide bonds. The molecule has 0 unspecified atom stereocenters. The number of esters is 2. The van der Waals surface area contributed by atoms with Gasteiger partial charge in [-0.1, -0.05) is 115 Å². The number of piperazine rings is 1. The van der Waals surface area contributed by atoms with Crippen molar-refractivity contribution in [2.45, 2.75) is 168 Å². The molecular formula is C40H74N2O4. The minimum absolute atomic E-state index is 0.0531. The summed E-state index contributed by atoms with van der Waals surface area (Å²) >= 11 is 0. The lowest BCUT2D eigenvalue weighted by molar-refractivity contribution is -0.145. The van der Waals surface area contributed by atoms with Gasteiger partial charge in [0.25, 0.3) is 0 Å². The van der Waals surface area contributed by atoms with Gasteiger partial charge in [-0.2, -0.15) is 0 Å². The molecule has 0 radical (unpaired) electrons. The largest absolute Gasteiger partial charge is 0.464 e. The van der Waals surface area contributed by atoms with Crippen molar-refractivity contribution in [1.82, 2.24) is 9.80 Å². The second-order valence-corrected chi connectivity index (χ2v) is 13.4. The van der Waals surface area contributed by atoms with Crippen LogP contribution in [0.3, 0.4) is 0 Å². The number of hydrogen-bond acceptors (Lipinski definition) is 6. The molecule has 268 valence electrons. The number of allylic oxidation sites excluding steroid dienone is 4. The SMILES string of the molecule is CCCCCCC=CCCCCCCCC(=O)OCCN1CCN(CCOC(=O)CCCCCCCC=CCCCCCC)CC1. The lowest BCUT2D eigenvalue weighted by Crippen LogP contribution is -2.48. The first-order chi connectivity index (χ1) is 22.7. The molecule has 1 heterocycles. The Kier molecular flexibility index (Phi) is 30.6. The molecule has 1 saturated heterocycles. The van der Waals surface area contributed by atoms with Crippen LogP contribution in [-0.2, 0) is 19.1 Å². The van der Waals surface area contributed by atoms with Gasteiger partial charge < -0.3 is 9.47 Å². The van der Waals surface area contributed by atoms with Gasteiger partial charge >= 0.3 is 11.9 Å². The van der Waals surface area contributed by atoms with Crippen molar-refractivity contribution in [3.8, 4) is 0 Å². The van der Waals surface area contributed by atoms with Crippen molar-refractivity contribution in [2.75, 3.05) is 52.5 Å². The summed E-state index contributed by atoms with van der Waals surface area (Å²) in [7, 11) is 0. The first-order valence-corrected chi connectivity index (χ1v) is 19.7. The van der Waals surface area contributed by atoms with Crippen LogP contribution < -0.4 is 0 Å². The third-order valence-corrected chi connectivity index (χ3v) is 9.09. The normalized spacial score (nSPS) is 14.5. The number of ether oxygens (including phenoxy) is 2. The topological polar surface area (TPSA) is 59.1 Å². The fraction of sp³-hybridized carbons (Fsp3) is 0.850. The average Bonchev–Trinajstić information content (AvgIpc) is 3.06. The van der Waals surface area contributed by atoms with Crippen LogP contribution in [0.1, 0.15) is 168 Å². The number of carbonyl (C=O) groups is 2. The summed E-state index contributed by atoms with van der Waals surface area (Å²) in [6, 6.07) is 0.